The average Bonchev–Trinajstić information content (AvgIpc) is 3.07. The number of anilines is 1. The number of benzene rings is 1. The number of hydrogen-bond donors (Lipinski definition) is 0. The van der Waals surface area contributed by atoms with Crippen molar-refractivity contribution in [1.82, 2.24) is 33.3 Å². The Hall–Kier alpha value is -3.73. The topological polar surface area (TPSA) is 123 Å². The number of alkyl halides is 1. The average molecular weight is 771 g/mol. The first kappa shape index (κ1) is 38.5. The largest absolute Gasteiger partial charge is 0.451 e. The van der Waals surface area contributed by atoms with E-state index in [1.807, 2.05) is 27.7 Å². The Bertz CT molecular complexity index is 1850. The van der Waals surface area contributed by atoms with Crippen LogP contribution in [0.15, 0.2) is 43.4 Å². The molecule has 0 saturated carbocycles. The summed E-state index contributed by atoms with van der Waals surface area (Å²) in [6.45, 7) is 16.6. The van der Waals surface area contributed by atoms with Gasteiger partial charge in [-0.2, -0.15) is 17.0 Å². The van der Waals surface area contributed by atoms with Crippen LogP contribution in [0.5, 0.6) is 11.5 Å². The van der Waals surface area contributed by atoms with E-state index in [9.17, 15) is 22.4 Å². The third-order valence-corrected chi connectivity index (χ3v) is 13.9. The van der Waals surface area contributed by atoms with E-state index in [4.69, 9.17) is 4.74 Å². The molecular formula is C38H52F2N8O5S. The number of likely N-dealkylation sites (tertiary alicyclic amines) is 2. The van der Waals surface area contributed by atoms with Crippen molar-refractivity contribution in [1.29, 1.82) is 0 Å². The van der Waals surface area contributed by atoms with Gasteiger partial charge in [-0.25, -0.2) is 18.7 Å². The summed E-state index contributed by atoms with van der Waals surface area (Å²) in [5.41, 5.74) is -1.44. The number of rotatable bonds is 11. The van der Waals surface area contributed by atoms with Crippen molar-refractivity contribution < 1.29 is 31.5 Å². The van der Waals surface area contributed by atoms with Crippen molar-refractivity contribution >= 4 is 27.8 Å². The second kappa shape index (κ2) is 14.4. The van der Waals surface area contributed by atoms with Crippen molar-refractivity contribution in [3.63, 3.8) is 0 Å². The molecule has 0 aliphatic carbocycles. The molecule has 7 rings (SSSR count). The zero-order chi connectivity index (χ0) is 38.6. The van der Waals surface area contributed by atoms with Gasteiger partial charge in [-0.1, -0.05) is 6.58 Å². The van der Waals surface area contributed by atoms with Gasteiger partial charge in [0, 0.05) is 81.8 Å². The Kier molecular flexibility index (Phi) is 10.3. The molecule has 6 heterocycles. The molecule has 5 aliphatic heterocycles. The van der Waals surface area contributed by atoms with Gasteiger partial charge in [0.05, 0.1) is 11.8 Å². The molecule has 0 unspecified atom stereocenters. The number of halogens is 2. The summed E-state index contributed by atoms with van der Waals surface area (Å²) >= 11 is 0. The number of nitrogens with zero attached hydrogens (tertiary/aromatic N) is 8. The molecule has 0 atom stereocenters. The molecule has 5 aliphatic rings. The number of carbonyl (C=O) groups is 2. The summed E-state index contributed by atoms with van der Waals surface area (Å²) in [5, 5.41) is 0. The Morgan fingerprint density at radius 3 is 2.19 bits per heavy atom. The van der Waals surface area contributed by atoms with Gasteiger partial charge in [-0.05, 0) is 90.7 Å². The van der Waals surface area contributed by atoms with Gasteiger partial charge < -0.3 is 24.3 Å². The molecule has 16 heteroatoms. The third kappa shape index (κ3) is 7.33. The Balaban J connectivity index is 0.899. The molecule has 13 nitrogen and oxygen atoms in total. The highest BCUT2D eigenvalue weighted by molar-refractivity contribution is 7.86. The lowest BCUT2D eigenvalue weighted by atomic mass is 9.71. The van der Waals surface area contributed by atoms with Crippen LogP contribution in [0, 0.1) is 16.6 Å². The first-order valence-electron chi connectivity index (χ1n) is 19.0. The van der Waals surface area contributed by atoms with Crippen LogP contribution in [-0.4, -0.2) is 143 Å². The Labute approximate surface area is 317 Å². The van der Waals surface area contributed by atoms with E-state index >= 15 is 4.39 Å². The number of carbonyl (C=O) groups excluding carboxylic acids is 2. The zero-order valence-electron chi connectivity index (χ0n) is 31.7. The van der Waals surface area contributed by atoms with Crippen LogP contribution in [-0.2, 0) is 15.0 Å². The van der Waals surface area contributed by atoms with Gasteiger partial charge in [0.2, 0.25) is 5.91 Å². The SMILES string of the molecule is C=CC(=O)N1CC2(C1)CN(S(=O)(=O)N1CCC(F)(CN3CCC4(CC3)CN(c3ncncc3Oc3ccc(F)cc3C(=O)N(C(C)C)C(C)C)C4)CC1)C2. The first-order valence-corrected chi connectivity index (χ1v) is 20.4. The van der Waals surface area contributed by atoms with Crippen molar-refractivity contribution in [2.75, 3.05) is 76.9 Å². The van der Waals surface area contributed by atoms with Crippen LogP contribution >= 0.6 is 0 Å². The van der Waals surface area contributed by atoms with E-state index in [2.05, 4.69) is 26.3 Å². The minimum atomic E-state index is -3.67. The van der Waals surface area contributed by atoms with Gasteiger partial charge in [-0.3, -0.25) is 9.59 Å². The highest BCUT2D eigenvalue weighted by atomic mass is 32.2. The van der Waals surface area contributed by atoms with Gasteiger partial charge in [0.25, 0.3) is 16.1 Å². The fourth-order valence-electron chi connectivity index (χ4n) is 9.07. The van der Waals surface area contributed by atoms with Crippen LogP contribution < -0.4 is 9.64 Å². The minimum absolute atomic E-state index is 0.0523. The normalized spacial score (nSPS) is 22.5. The molecule has 1 aromatic heterocycles. The van der Waals surface area contributed by atoms with E-state index < -0.39 is 21.7 Å². The molecule has 2 aromatic rings. The highest BCUT2D eigenvalue weighted by Crippen LogP contribution is 2.46. The van der Waals surface area contributed by atoms with Crippen molar-refractivity contribution in [3.05, 3.63) is 54.8 Å². The van der Waals surface area contributed by atoms with E-state index in [0.717, 1.165) is 39.0 Å². The summed E-state index contributed by atoms with van der Waals surface area (Å²) in [5.74, 6) is 0.221. The van der Waals surface area contributed by atoms with E-state index in [-0.39, 0.29) is 78.5 Å². The van der Waals surface area contributed by atoms with Gasteiger partial charge >= 0.3 is 0 Å². The van der Waals surface area contributed by atoms with E-state index in [1.54, 1.807) is 16.0 Å². The predicted octanol–water partition coefficient (Wildman–Crippen LogP) is 3.95. The smallest absolute Gasteiger partial charge is 0.282 e. The lowest BCUT2D eigenvalue weighted by molar-refractivity contribution is -0.146. The molecule has 294 valence electrons. The summed E-state index contributed by atoms with van der Waals surface area (Å²) in [7, 11) is -3.67. The number of aromatic nitrogens is 2. The zero-order valence-corrected chi connectivity index (χ0v) is 32.5. The maximum Gasteiger partial charge on any atom is 0.282 e. The minimum Gasteiger partial charge on any atom is -0.451 e. The molecule has 0 N–H and O–H groups in total. The Morgan fingerprint density at radius 2 is 1.57 bits per heavy atom. The maximum absolute atomic E-state index is 16.2. The molecule has 0 bridgehead atoms. The van der Waals surface area contributed by atoms with Crippen molar-refractivity contribution in [2.24, 2.45) is 10.8 Å². The summed E-state index contributed by atoms with van der Waals surface area (Å²) in [6, 6.07) is 3.75. The van der Waals surface area contributed by atoms with Crippen LogP contribution in [0.1, 0.15) is 63.7 Å². The summed E-state index contributed by atoms with van der Waals surface area (Å²) in [4.78, 5) is 41.7. The predicted molar refractivity (Wildman–Crippen MR) is 200 cm³/mol. The molecule has 5 fully saturated rings. The lowest BCUT2D eigenvalue weighted by Gasteiger charge is -2.59. The van der Waals surface area contributed by atoms with Crippen LogP contribution in [0.3, 0.4) is 0 Å². The fourth-order valence-corrected chi connectivity index (χ4v) is 10.9. The summed E-state index contributed by atoms with van der Waals surface area (Å²) < 4.78 is 66.4. The lowest BCUT2D eigenvalue weighted by Crippen LogP contribution is -2.74. The number of ether oxygens (including phenoxy) is 1. The van der Waals surface area contributed by atoms with Gasteiger partial charge in [0.15, 0.2) is 11.6 Å². The number of hydrogen-bond acceptors (Lipinski definition) is 9. The van der Waals surface area contributed by atoms with Crippen molar-refractivity contribution in [2.45, 2.75) is 71.1 Å². The number of amides is 2. The maximum atomic E-state index is 16.2. The van der Waals surface area contributed by atoms with E-state index in [0.29, 0.717) is 37.7 Å². The van der Waals surface area contributed by atoms with Gasteiger partial charge in [0.1, 0.15) is 23.6 Å². The number of piperidine rings is 2. The second-order valence-electron chi connectivity index (χ2n) is 16.7. The van der Waals surface area contributed by atoms with Gasteiger partial charge in [-0.15, -0.1) is 0 Å². The third-order valence-electron chi connectivity index (χ3n) is 12.0. The molecular weight excluding hydrogens is 719 g/mol. The molecule has 1 aromatic carbocycles. The Morgan fingerprint density at radius 1 is 0.926 bits per heavy atom. The first-order chi connectivity index (χ1) is 25.5. The molecule has 2 amide bonds. The molecule has 0 radical (unpaired) electrons. The van der Waals surface area contributed by atoms with Crippen molar-refractivity contribution in [3.8, 4) is 11.5 Å². The quantitative estimate of drug-likeness (QED) is 0.313. The van der Waals surface area contributed by atoms with Crippen LogP contribution in [0.4, 0.5) is 14.6 Å². The van der Waals surface area contributed by atoms with Crippen LogP contribution in [0.25, 0.3) is 0 Å². The second-order valence-corrected chi connectivity index (χ2v) is 18.6. The highest BCUT2D eigenvalue weighted by Gasteiger charge is 2.57. The standard InChI is InChI=1S/C38H52F2N8O5S/c1-6-33(49)44-21-37(22-44)23-47(24-37)54(51,52)46-15-11-38(40,12-16-46)25-43-13-9-36(10-14-43)19-45(20-36)34-32(18-41-26-42-34)53-31-8-7-29(39)17-30(31)35(50)48(27(2)3)28(4)5/h6-8,17-18,26-28H,1,9-16,19-25H2,2-5H3. The summed E-state index contributed by atoms with van der Waals surface area (Å²) in [6.07, 6.45) is 6.40. The monoisotopic (exact) mass is 770 g/mol. The molecule has 2 spiro atoms. The fraction of sp³-hybridized carbons (Fsp3) is 0.632. The van der Waals surface area contributed by atoms with Crippen LogP contribution in [0.2, 0.25) is 0 Å². The molecule has 54 heavy (non-hydrogen) atoms. The van der Waals surface area contributed by atoms with E-state index in [1.165, 1.54) is 39.2 Å². The molecule has 5 saturated heterocycles.